The first-order valence-corrected chi connectivity index (χ1v) is 4.32. The Hall–Kier alpha value is -1.18. The van der Waals surface area contributed by atoms with Crippen LogP contribution in [0.5, 0.6) is 5.75 Å². The third kappa shape index (κ3) is 1.91. The lowest BCUT2D eigenvalue weighted by atomic mass is 10.1. The summed E-state index contributed by atoms with van der Waals surface area (Å²) in [5, 5.41) is 9.44. The van der Waals surface area contributed by atoms with Gasteiger partial charge in [0.2, 0.25) is 0 Å². The molecule has 0 atom stereocenters. The number of anilines is 1. The SMILES string of the molecule is CCCCc1c(N)cccc1O. The van der Waals surface area contributed by atoms with Crippen LogP contribution in [0.1, 0.15) is 25.3 Å². The van der Waals surface area contributed by atoms with E-state index in [0.717, 1.165) is 24.8 Å². The molecule has 0 aliphatic carbocycles. The number of hydrogen-bond acceptors (Lipinski definition) is 2. The minimum absolute atomic E-state index is 0.323. The summed E-state index contributed by atoms with van der Waals surface area (Å²) in [5.74, 6) is 0.323. The van der Waals surface area contributed by atoms with E-state index in [9.17, 15) is 5.11 Å². The third-order valence-electron chi connectivity index (χ3n) is 1.97. The Bertz CT molecular complexity index is 238. The Labute approximate surface area is 73.0 Å². The first-order chi connectivity index (χ1) is 5.75. The zero-order chi connectivity index (χ0) is 8.97. The summed E-state index contributed by atoms with van der Waals surface area (Å²) in [5.41, 5.74) is 7.29. The Balaban J connectivity index is 2.81. The maximum absolute atomic E-state index is 9.44. The molecule has 0 fully saturated rings. The number of hydrogen-bond donors (Lipinski definition) is 2. The van der Waals surface area contributed by atoms with E-state index in [-0.39, 0.29) is 0 Å². The molecule has 0 radical (unpaired) electrons. The van der Waals surface area contributed by atoms with E-state index in [2.05, 4.69) is 6.92 Å². The number of aromatic hydroxyl groups is 1. The lowest BCUT2D eigenvalue weighted by Gasteiger charge is -2.06. The molecule has 2 heteroatoms. The summed E-state index contributed by atoms with van der Waals surface area (Å²) in [4.78, 5) is 0. The molecule has 2 nitrogen and oxygen atoms in total. The van der Waals surface area contributed by atoms with Crippen molar-refractivity contribution in [1.29, 1.82) is 0 Å². The molecule has 0 unspecified atom stereocenters. The molecule has 0 saturated heterocycles. The van der Waals surface area contributed by atoms with Gasteiger partial charge in [-0.1, -0.05) is 19.4 Å². The highest BCUT2D eigenvalue weighted by Gasteiger charge is 2.03. The summed E-state index contributed by atoms with van der Waals surface area (Å²) >= 11 is 0. The van der Waals surface area contributed by atoms with Crippen molar-refractivity contribution >= 4 is 5.69 Å². The lowest BCUT2D eigenvalue weighted by Crippen LogP contribution is -1.94. The smallest absolute Gasteiger partial charge is 0.120 e. The standard InChI is InChI=1S/C10H15NO/c1-2-3-5-8-9(11)6-4-7-10(8)12/h4,6-7,12H,2-3,5,11H2,1H3. The number of rotatable bonds is 3. The van der Waals surface area contributed by atoms with Crippen LogP contribution in [-0.2, 0) is 6.42 Å². The van der Waals surface area contributed by atoms with E-state index in [0.29, 0.717) is 11.4 Å². The molecule has 0 amide bonds. The molecular weight excluding hydrogens is 150 g/mol. The van der Waals surface area contributed by atoms with E-state index in [1.165, 1.54) is 0 Å². The predicted octanol–water partition coefficient (Wildman–Crippen LogP) is 2.32. The number of benzene rings is 1. The van der Waals surface area contributed by atoms with Crippen molar-refractivity contribution in [3.05, 3.63) is 23.8 Å². The fourth-order valence-electron chi connectivity index (χ4n) is 1.22. The number of nitrogens with two attached hydrogens (primary N) is 1. The van der Waals surface area contributed by atoms with Gasteiger partial charge in [0.15, 0.2) is 0 Å². The number of phenols is 1. The quantitative estimate of drug-likeness (QED) is 0.675. The summed E-state index contributed by atoms with van der Waals surface area (Å²) in [7, 11) is 0. The molecule has 1 rings (SSSR count). The molecular formula is C10H15NO. The monoisotopic (exact) mass is 165 g/mol. The molecule has 0 heterocycles. The first kappa shape index (κ1) is 8.91. The van der Waals surface area contributed by atoms with Crippen LogP contribution in [0.4, 0.5) is 5.69 Å². The molecule has 0 bridgehead atoms. The molecule has 12 heavy (non-hydrogen) atoms. The van der Waals surface area contributed by atoms with Crippen LogP contribution in [0.3, 0.4) is 0 Å². The second-order valence-corrected chi connectivity index (χ2v) is 2.95. The Morgan fingerprint density at radius 2 is 2.17 bits per heavy atom. The Morgan fingerprint density at radius 1 is 1.42 bits per heavy atom. The molecule has 3 N–H and O–H groups in total. The topological polar surface area (TPSA) is 46.2 Å². The minimum atomic E-state index is 0.323. The van der Waals surface area contributed by atoms with Crippen LogP contribution in [0.25, 0.3) is 0 Å². The predicted molar refractivity (Wildman–Crippen MR) is 51.1 cm³/mol. The van der Waals surface area contributed by atoms with Crippen molar-refractivity contribution in [3.63, 3.8) is 0 Å². The largest absolute Gasteiger partial charge is 0.508 e. The van der Waals surface area contributed by atoms with Gasteiger partial charge in [0.05, 0.1) is 0 Å². The second-order valence-electron chi connectivity index (χ2n) is 2.95. The van der Waals surface area contributed by atoms with E-state index in [4.69, 9.17) is 5.73 Å². The van der Waals surface area contributed by atoms with Gasteiger partial charge in [-0.2, -0.15) is 0 Å². The van der Waals surface area contributed by atoms with Crippen LogP contribution in [0, 0.1) is 0 Å². The van der Waals surface area contributed by atoms with Crippen molar-refractivity contribution in [2.45, 2.75) is 26.2 Å². The third-order valence-corrected chi connectivity index (χ3v) is 1.97. The average molecular weight is 165 g/mol. The zero-order valence-corrected chi connectivity index (χ0v) is 7.38. The lowest BCUT2D eigenvalue weighted by molar-refractivity contribution is 0.467. The van der Waals surface area contributed by atoms with Crippen LogP contribution in [0.15, 0.2) is 18.2 Å². The Morgan fingerprint density at radius 3 is 2.75 bits per heavy atom. The molecule has 1 aromatic carbocycles. The fourth-order valence-corrected chi connectivity index (χ4v) is 1.22. The van der Waals surface area contributed by atoms with Gasteiger partial charge < -0.3 is 10.8 Å². The molecule has 0 aromatic heterocycles. The summed E-state index contributed by atoms with van der Waals surface area (Å²) < 4.78 is 0. The summed E-state index contributed by atoms with van der Waals surface area (Å²) in [6.45, 7) is 2.12. The zero-order valence-electron chi connectivity index (χ0n) is 7.38. The van der Waals surface area contributed by atoms with Crippen LogP contribution >= 0.6 is 0 Å². The molecule has 0 aliphatic rings. The van der Waals surface area contributed by atoms with Crippen LogP contribution in [-0.4, -0.2) is 5.11 Å². The van der Waals surface area contributed by atoms with Gasteiger partial charge in [-0.3, -0.25) is 0 Å². The van der Waals surface area contributed by atoms with Crippen molar-refractivity contribution in [1.82, 2.24) is 0 Å². The molecule has 0 spiro atoms. The van der Waals surface area contributed by atoms with Gasteiger partial charge in [0.1, 0.15) is 5.75 Å². The number of phenolic OH excluding ortho intramolecular Hbond substituents is 1. The van der Waals surface area contributed by atoms with Gasteiger partial charge >= 0.3 is 0 Å². The minimum Gasteiger partial charge on any atom is -0.508 e. The van der Waals surface area contributed by atoms with E-state index in [1.54, 1.807) is 12.1 Å². The normalized spacial score (nSPS) is 10.1. The fraction of sp³-hybridized carbons (Fsp3) is 0.400. The first-order valence-electron chi connectivity index (χ1n) is 4.32. The van der Waals surface area contributed by atoms with Crippen molar-refractivity contribution < 1.29 is 5.11 Å². The average Bonchev–Trinajstić information content (AvgIpc) is 2.04. The van der Waals surface area contributed by atoms with E-state index >= 15 is 0 Å². The molecule has 0 aliphatic heterocycles. The summed E-state index contributed by atoms with van der Waals surface area (Å²) in [6, 6.07) is 5.27. The van der Waals surface area contributed by atoms with Gasteiger partial charge in [0, 0.05) is 11.3 Å². The maximum atomic E-state index is 9.44. The highest BCUT2D eigenvalue weighted by atomic mass is 16.3. The Kier molecular flexibility index (Phi) is 2.97. The van der Waals surface area contributed by atoms with Crippen molar-refractivity contribution in [2.75, 3.05) is 5.73 Å². The maximum Gasteiger partial charge on any atom is 0.120 e. The number of unbranched alkanes of at least 4 members (excludes halogenated alkanes) is 1. The molecule has 66 valence electrons. The summed E-state index contributed by atoms with van der Waals surface area (Å²) in [6.07, 6.45) is 3.06. The number of nitrogen functional groups attached to an aromatic ring is 1. The highest BCUT2D eigenvalue weighted by molar-refractivity contribution is 5.53. The van der Waals surface area contributed by atoms with Crippen molar-refractivity contribution in [2.24, 2.45) is 0 Å². The van der Waals surface area contributed by atoms with Gasteiger partial charge in [-0.25, -0.2) is 0 Å². The molecule has 0 saturated carbocycles. The van der Waals surface area contributed by atoms with E-state index < -0.39 is 0 Å². The van der Waals surface area contributed by atoms with Gasteiger partial charge in [0.25, 0.3) is 0 Å². The molecule has 1 aromatic rings. The van der Waals surface area contributed by atoms with E-state index in [1.807, 2.05) is 6.07 Å². The second kappa shape index (κ2) is 4.00. The van der Waals surface area contributed by atoms with Crippen LogP contribution in [0.2, 0.25) is 0 Å². The van der Waals surface area contributed by atoms with Gasteiger partial charge in [-0.15, -0.1) is 0 Å². The highest BCUT2D eigenvalue weighted by Crippen LogP contribution is 2.24. The van der Waals surface area contributed by atoms with Crippen LogP contribution < -0.4 is 5.73 Å². The van der Waals surface area contributed by atoms with Gasteiger partial charge in [-0.05, 0) is 25.0 Å². The van der Waals surface area contributed by atoms with Crippen molar-refractivity contribution in [3.8, 4) is 5.75 Å².